The SMILES string of the molecule is CCOC(=O)c1c(C)[nH]c(-c2nc(NCCOC)sc2C)c1C. The number of hydrogen-bond donors (Lipinski definition) is 2. The average Bonchev–Trinajstić information content (AvgIpc) is 2.99. The molecule has 126 valence electrons. The van der Waals surface area contributed by atoms with Gasteiger partial charge in [0.2, 0.25) is 0 Å². The second kappa shape index (κ2) is 7.61. The van der Waals surface area contributed by atoms with Gasteiger partial charge in [-0.2, -0.15) is 0 Å². The number of aryl methyl sites for hydroxylation is 2. The van der Waals surface area contributed by atoms with E-state index < -0.39 is 0 Å². The largest absolute Gasteiger partial charge is 0.462 e. The highest BCUT2D eigenvalue weighted by Gasteiger charge is 2.22. The number of rotatable bonds is 7. The summed E-state index contributed by atoms with van der Waals surface area (Å²) in [5, 5.41) is 4.08. The van der Waals surface area contributed by atoms with Gasteiger partial charge in [0.25, 0.3) is 0 Å². The summed E-state index contributed by atoms with van der Waals surface area (Å²) in [6.45, 7) is 9.32. The van der Waals surface area contributed by atoms with Gasteiger partial charge in [-0.15, -0.1) is 11.3 Å². The molecule has 0 aliphatic rings. The first-order valence-corrected chi connectivity index (χ1v) is 8.38. The van der Waals surface area contributed by atoms with Crippen LogP contribution in [0.3, 0.4) is 0 Å². The van der Waals surface area contributed by atoms with Crippen LogP contribution in [0.1, 0.15) is 33.4 Å². The number of H-pyrrole nitrogens is 1. The van der Waals surface area contributed by atoms with Crippen LogP contribution >= 0.6 is 11.3 Å². The summed E-state index contributed by atoms with van der Waals surface area (Å²) in [7, 11) is 1.67. The van der Waals surface area contributed by atoms with Gasteiger partial charge in [0.1, 0.15) is 5.69 Å². The Morgan fingerprint density at radius 3 is 2.74 bits per heavy atom. The number of ether oxygens (including phenoxy) is 2. The number of hydrogen-bond acceptors (Lipinski definition) is 6. The molecule has 2 N–H and O–H groups in total. The lowest BCUT2D eigenvalue weighted by Crippen LogP contribution is -2.07. The van der Waals surface area contributed by atoms with E-state index in [1.165, 1.54) is 0 Å². The monoisotopic (exact) mass is 337 g/mol. The number of anilines is 1. The molecular weight excluding hydrogens is 314 g/mol. The minimum absolute atomic E-state index is 0.295. The molecule has 0 aromatic carbocycles. The zero-order valence-corrected chi connectivity index (χ0v) is 15.0. The van der Waals surface area contributed by atoms with Crippen LogP contribution in [0.25, 0.3) is 11.4 Å². The van der Waals surface area contributed by atoms with Crippen molar-refractivity contribution >= 4 is 22.4 Å². The maximum Gasteiger partial charge on any atom is 0.340 e. The van der Waals surface area contributed by atoms with Crippen molar-refractivity contribution in [3.63, 3.8) is 0 Å². The van der Waals surface area contributed by atoms with Crippen LogP contribution in [0.4, 0.5) is 5.13 Å². The van der Waals surface area contributed by atoms with Crippen molar-refractivity contribution in [2.75, 3.05) is 32.2 Å². The zero-order chi connectivity index (χ0) is 17.0. The number of nitrogens with zero attached hydrogens (tertiary/aromatic N) is 1. The standard InChI is InChI=1S/C16H23N3O3S/c1-6-22-15(20)12-9(2)13(18-10(12)3)14-11(4)23-16(19-14)17-7-8-21-5/h18H,6-8H2,1-5H3,(H,17,19). The van der Waals surface area contributed by atoms with E-state index in [1.54, 1.807) is 25.4 Å². The van der Waals surface area contributed by atoms with Gasteiger partial charge >= 0.3 is 5.97 Å². The van der Waals surface area contributed by atoms with Gasteiger partial charge in [-0.05, 0) is 33.3 Å². The van der Waals surface area contributed by atoms with Gasteiger partial charge in [-0.1, -0.05) is 0 Å². The molecule has 2 aromatic rings. The predicted octanol–water partition coefficient (Wildman–Crippen LogP) is 3.30. The maximum atomic E-state index is 12.1. The van der Waals surface area contributed by atoms with Crippen molar-refractivity contribution in [2.45, 2.75) is 27.7 Å². The van der Waals surface area contributed by atoms with Crippen LogP contribution in [0.15, 0.2) is 0 Å². The molecule has 0 unspecified atom stereocenters. The number of carbonyl (C=O) groups excluding carboxylic acids is 1. The van der Waals surface area contributed by atoms with E-state index in [0.717, 1.165) is 32.7 Å². The molecular formula is C16H23N3O3S. The fourth-order valence-corrected chi connectivity index (χ4v) is 3.31. The lowest BCUT2D eigenvalue weighted by atomic mass is 10.1. The molecule has 0 spiro atoms. The lowest BCUT2D eigenvalue weighted by molar-refractivity contribution is 0.0525. The van der Waals surface area contributed by atoms with Crippen molar-refractivity contribution in [1.29, 1.82) is 0 Å². The third-order valence-corrected chi connectivity index (χ3v) is 4.46. The molecule has 0 amide bonds. The van der Waals surface area contributed by atoms with Crippen LogP contribution < -0.4 is 5.32 Å². The molecule has 0 fully saturated rings. The highest BCUT2D eigenvalue weighted by atomic mass is 32.1. The fourth-order valence-electron chi connectivity index (χ4n) is 2.46. The minimum Gasteiger partial charge on any atom is -0.462 e. The molecule has 2 aromatic heterocycles. The van der Waals surface area contributed by atoms with E-state index in [0.29, 0.717) is 25.3 Å². The highest BCUT2D eigenvalue weighted by Crippen LogP contribution is 2.34. The average molecular weight is 337 g/mol. The molecule has 2 heterocycles. The topological polar surface area (TPSA) is 76.2 Å². The first kappa shape index (κ1) is 17.5. The van der Waals surface area contributed by atoms with Crippen molar-refractivity contribution < 1.29 is 14.3 Å². The van der Waals surface area contributed by atoms with E-state index in [9.17, 15) is 4.79 Å². The number of carbonyl (C=O) groups is 1. The summed E-state index contributed by atoms with van der Waals surface area (Å²) >= 11 is 1.59. The Bertz CT molecular complexity index is 691. The smallest absolute Gasteiger partial charge is 0.340 e. The second-order valence-corrected chi connectivity index (χ2v) is 6.39. The molecule has 0 aliphatic heterocycles. The molecule has 0 radical (unpaired) electrons. The van der Waals surface area contributed by atoms with E-state index >= 15 is 0 Å². The molecule has 6 nitrogen and oxygen atoms in total. The summed E-state index contributed by atoms with van der Waals surface area (Å²) < 4.78 is 10.2. The molecule has 0 aliphatic carbocycles. The predicted molar refractivity (Wildman–Crippen MR) is 92.4 cm³/mol. The van der Waals surface area contributed by atoms with Gasteiger partial charge in [-0.25, -0.2) is 9.78 Å². The Morgan fingerprint density at radius 1 is 1.35 bits per heavy atom. The quantitative estimate of drug-likeness (QED) is 0.599. The number of thiazole rings is 1. The van der Waals surface area contributed by atoms with Crippen LogP contribution in [-0.4, -0.2) is 42.8 Å². The highest BCUT2D eigenvalue weighted by molar-refractivity contribution is 7.16. The van der Waals surface area contributed by atoms with Gasteiger partial charge in [0, 0.05) is 24.2 Å². The third-order valence-electron chi connectivity index (χ3n) is 3.53. The lowest BCUT2D eigenvalue weighted by Gasteiger charge is -2.02. The van der Waals surface area contributed by atoms with Crippen molar-refractivity contribution in [3.05, 3.63) is 21.7 Å². The normalized spacial score (nSPS) is 10.8. The zero-order valence-electron chi connectivity index (χ0n) is 14.2. The van der Waals surface area contributed by atoms with Gasteiger partial charge < -0.3 is 19.8 Å². The molecule has 7 heteroatoms. The fraction of sp³-hybridized carbons (Fsp3) is 0.500. The summed E-state index contributed by atoms with van der Waals surface area (Å²) in [4.78, 5) is 21.1. The van der Waals surface area contributed by atoms with Crippen LogP contribution in [0, 0.1) is 20.8 Å². The van der Waals surface area contributed by atoms with Crippen LogP contribution in [0.2, 0.25) is 0 Å². The first-order chi connectivity index (χ1) is 11.0. The maximum absolute atomic E-state index is 12.1. The molecule has 2 rings (SSSR count). The molecule has 0 saturated heterocycles. The Morgan fingerprint density at radius 2 is 2.09 bits per heavy atom. The summed E-state index contributed by atoms with van der Waals surface area (Å²) in [5.41, 5.74) is 4.02. The number of esters is 1. The molecule has 0 atom stereocenters. The van der Waals surface area contributed by atoms with Crippen molar-refractivity contribution in [3.8, 4) is 11.4 Å². The number of aromatic amines is 1. The van der Waals surface area contributed by atoms with Crippen molar-refractivity contribution in [1.82, 2.24) is 9.97 Å². The molecule has 0 bridgehead atoms. The Balaban J connectivity index is 2.32. The van der Waals surface area contributed by atoms with Crippen LogP contribution in [0.5, 0.6) is 0 Å². The first-order valence-electron chi connectivity index (χ1n) is 7.56. The molecule has 0 saturated carbocycles. The number of aromatic nitrogens is 2. The van der Waals surface area contributed by atoms with Crippen LogP contribution in [-0.2, 0) is 9.47 Å². The third kappa shape index (κ3) is 3.73. The summed E-state index contributed by atoms with van der Waals surface area (Å²) in [5.74, 6) is -0.295. The van der Waals surface area contributed by atoms with E-state index in [2.05, 4.69) is 15.3 Å². The Labute approximate surface area is 140 Å². The van der Waals surface area contributed by atoms with Gasteiger partial charge in [0.15, 0.2) is 5.13 Å². The number of nitrogens with one attached hydrogen (secondary N) is 2. The van der Waals surface area contributed by atoms with Gasteiger partial charge in [0.05, 0.1) is 24.5 Å². The summed E-state index contributed by atoms with van der Waals surface area (Å²) in [6, 6.07) is 0. The van der Waals surface area contributed by atoms with Crippen molar-refractivity contribution in [2.24, 2.45) is 0 Å². The van der Waals surface area contributed by atoms with E-state index in [4.69, 9.17) is 9.47 Å². The number of methoxy groups -OCH3 is 1. The Kier molecular flexibility index (Phi) is 5.79. The van der Waals surface area contributed by atoms with E-state index in [1.807, 2.05) is 20.8 Å². The Hall–Kier alpha value is -1.86. The van der Waals surface area contributed by atoms with E-state index in [-0.39, 0.29) is 5.97 Å². The minimum atomic E-state index is -0.295. The van der Waals surface area contributed by atoms with Gasteiger partial charge in [-0.3, -0.25) is 0 Å². The second-order valence-electron chi connectivity index (χ2n) is 5.19. The molecule has 23 heavy (non-hydrogen) atoms. The summed E-state index contributed by atoms with van der Waals surface area (Å²) in [6.07, 6.45) is 0.